The van der Waals surface area contributed by atoms with E-state index in [2.05, 4.69) is 28.8 Å². The first-order chi connectivity index (χ1) is 11.1. The monoisotopic (exact) mass is 312 g/mol. The maximum atomic E-state index is 12.3. The van der Waals surface area contributed by atoms with Gasteiger partial charge in [0.2, 0.25) is 0 Å². The summed E-state index contributed by atoms with van der Waals surface area (Å²) in [7, 11) is 0. The molecule has 0 aromatic carbocycles. The summed E-state index contributed by atoms with van der Waals surface area (Å²) in [5.41, 5.74) is 1.97. The van der Waals surface area contributed by atoms with Crippen LogP contribution in [0.1, 0.15) is 30.9 Å². The average molecular weight is 312 g/mol. The summed E-state index contributed by atoms with van der Waals surface area (Å²) in [6.07, 6.45) is 5.95. The molecule has 1 aliphatic heterocycles. The van der Waals surface area contributed by atoms with E-state index in [1.54, 1.807) is 29.4 Å². The summed E-state index contributed by atoms with van der Waals surface area (Å²) in [5, 5.41) is 0. The smallest absolute Gasteiger partial charge is 0.261 e. The molecule has 0 saturated heterocycles. The molecular formula is C17H20N4O2. The lowest BCUT2D eigenvalue weighted by atomic mass is 10.1. The number of aromatic nitrogens is 3. The van der Waals surface area contributed by atoms with Crippen LogP contribution in [0.15, 0.2) is 30.7 Å². The van der Waals surface area contributed by atoms with Crippen molar-refractivity contribution in [2.45, 2.75) is 33.4 Å². The maximum Gasteiger partial charge on any atom is 0.261 e. The molecule has 0 radical (unpaired) electrons. The predicted molar refractivity (Wildman–Crippen MR) is 84.6 cm³/mol. The van der Waals surface area contributed by atoms with Gasteiger partial charge < -0.3 is 9.64 Å². The van der Waals surface area contributed by atoms with E-state index in [0.29, 0.717) is 24.8 Å². The maximum absolute atomic E-state index is 12.3. The van der Waals surface area contributed by atoms with Crippen molar-refractivity contribution in [1.29, 1.82) is 0 Å². The zero-order valence-electron chi connectivity index (χ0n) is 13.4. The quantitative estimate of drug-likeness (QED) is 0.844. The topological polar surface area (TPSA) is 68.2 Å². The minimum absolute atomic E-state index is 0.00591. The molecule has 6 heteroatoms. The molecule has 0 atom stereocenters. The van der Waals surface area contributed by atoms with Crippen LogP contribution < -0.4 is 4.74 Å². The largest absolute Gasteiger partial charge is 0.482 e. The van der Waals surface area contributed by atoms with Gasteiger partial charge in [-0.05, 0) is 18.1 Å². The van der Waals surface area contributed by atoms with Crippen LogP contribution in [0.25, 0.3) is 0 Å². The molecular weight excluding hydrogens is 292 g/mol. The van der Waals surface area contributed by atoms with Gasteiger partial charge in [-0.25, -0.2) is 9.97 Å². The lowest BCUT2D eigenvalue weighted by molar-refractivity contribution is -0.134. The fourth-order valence-electron chi connectivity index (χ4n) is 2.50. The van der Waals surface area contributed by atoms with Crippen LogP contribution in [-0.2, 0) is 24.3 Å². The Balaban J connectivity index is 1.59. The number of hydrogen-bond donors (Lipinski definition) is 0. The second kappa shape index (κ2) is 6.73. The highest BCUT2D eigenvalue weighted by Crippen LogP contribution is 2.21. The molecule has 0 aliphatic carbocycles. The van der Waals surface area contributed by atoms with Crippen LogP contribution in [0.2, 0.25) is 0 Å². The standard InChI is InChI=1S/C17H20N4O2/c1-12(2)6-16-19-7-13-9-21(10-15(13)20-16)17(22)11-23-14-4-3-5-18-8-14/h3-5,7-8,12H,6,9-11H2,1-2H3. The lowest BCUT2D eigenvalue weighted by Gasteiger charge is -2.15. The van der Waals surface area contributed by atoms with Crippen molar-refractivity contribution in [3.8, 4) is 5.75 Å². The number of fused-ring (bicyclic) bond motifs is 1. The van der Waals surface area contributed by atoms with Crippen LogP contribution in [-0.4, -0.2) is 32.4 Å². The molecule has 3 rings (SSSR count). The van der Waals surface area contributed by atoms with Crippen molar-refractivity contribution < 1.29 is 9.53 Å². The van der Waals surface area contributed by atoms with E-state index in [9.17, 15) is 4.79 Å². The summed E-state index contributed by atoms with van der Waals surface area (Å²) in [5.74, 6) is 1.90. The molecule has 0 bridgehead atoms. The second-order valence-electron chi connectivity index (χ2n) is 6.08. The van der Waals surface area contributed by atoms with Gasteiger partial charge in [-0.15, -0.1) is 0 Å². The molecule has 0 unspecified atom stereocenters. The third kappa shape index (κ3) is 3.83. The van der Waals surface area contributed by atoms with Crippen LogP contribution in [0, 0.1) is 5.92 Å². The lowest BCUT2D eigenvalue weighted by Crippen LogP contribution is -2.30. The number of pyridine rings is 1. The van der Waals surface area contributed by atoms with Gasteiger partial charge in [0.1, 0.15) is 11.6 Å². The molecule has 1 aliphatic rings. The number of ether oxygens (including phenoxy) is 1. The van der Waals surface area contributed by atoms with Crippen LogP contribution in [0.4, 0.5) is 0 Å². The molecule has 23 heavy (non-hydrogen) atoms. The normalized spacial score (nSPS) is 13.3. The molecule has 120 valence electrons. The fourth-order valence-corrected chi connectivity index (χ4v) is 2.50. The van der Waals surface area contributed by atoms with Crippen molar-refractivity contribution in [2.75, 3.05) is 6.61 Å². The highest BCUT2D eigenvalue weighted by Gasteiger charge is 2.25. The Bertz CT molecular complexity index is 688. The minimum atomic E-state index is -0.0581. The van der Waals surface area contributed by atoms with Gasteiger partial charge in [0.25, 0.3) is 5.91 Å². The Kier molecular flexibility index (Phi) is 4.50. The summed E-state index contributed by atoms with van der Waals surface area (Å²) >= 11 is 0. The molecule has 0 saturated carbocycles. The van der Waals surface area contributed by atoms with Gasteiger partial charge >= 0.3 is 0 Å². The number of amides is 1. The second-order valence-corrected chi connectivity index (χ2v) is 6.08. The van der Waals surface area contributed by atoms with Gasteiger partial charge in [0, 0.05) is 30.9 Å². The minimum Gasteiger partial charge on any atom is -0.482 e. The number of carbonyl (C=O) groups is 1. The van der Waals surface area contributed by atoms with E-state index in [1.165, 1.54) is 0 Å². The van der Waals surface area contributed by atoms with Crippen molar-refractivity contribution >= 4 is 5.91 Å². The van der Waals surface area contributed by atoms with E-state index in [1.807, 2.05) is 6.20 Å². The highest BCUT2D eigenvalue weighted by atomic mass is 16.5. The summed E-state index contributed by atoms with van der Waals surface area (Å²) < 4.78 is 5.47. The van der Waals surface area contributed by atoms with Crippen molar-refractivity contribution in [3.05, 3.63) is 47.8 Å². The molecule has 6 nitrogen and oxygen atoms in total. The Hall–Kier alpha value is -2.50. The van der Waals surface area contributed by atoms with Crippen molar-refractivity contribution in [3.63, 3.8) is 0 Å². The zero-order valence-corrected chi connectivity index (χ0v) is 13.4. The first kappa shape index (κ1) is 15.4. The summed E-state index contributed by atoms with van der Waals surface area (Å²) in [4.78, 5) is 27.0. The van der Waals surface area contributed by atoms with E-state index in [4.69, 9.17) is 4.74 Å². The van der Waals surface area contributed by atoms with Crippen molar-refractivity contribution in [2.24, 2.45) is 5.92 Å². The van der Waals surface area contributed by atoms with E-state index >= 15 is 0 Å². The zero-order chi connectivity index (χ0) is 16.2. The number of hydrogen-bond acceptors (Lipinski definition) is 5. The SMILES string of the molecule is CC(C)Cc1ncc2c(n1)CN(C(=O)COc1cccnc1)C2. The first-order valence-corrected chi connectivity index (χ1v) is 7.76. The number of rotatable bonds is 5. The molecule has 0 fully saturated rings. The van der Waals surface area contributed by atoms with Crippen LogP contribution in [0.5, 0.6) is 5.75 Å². The number of nitrogens with zero attached hydrogens (tertiary/aromatic N) is 4. The van der Waals surface area contributed by atoms with Gasteiger partial charge in [0.15, 0.2) is 6.61 Å². The first-order valence-electron chi connectivity index (χ1n) is 7.76. The summed E-state index contributed by atoms with van der Waals surface area (Å²) in [6, 6.07) is 3.56. The van der Waals surface area contributed by atoms with Crippen LogP contribution >= 0.6 is 0 Å². The fraction of sp³-hybridized carbons (Fsp3) is 0.412. The van der Waals surface area contributed by atoms with E-state index < -0.39 is 0 Å². The van der Waals surface area contributed by atoms with E-state index in [-0.39, 0.29) is 12.5 Å². The van der Waals surface area contributed by atoms with Gasteiger partial charge in [0.05, 0.1) is 18.4 Å². The van der Waals surface area contributed by atoms with Gasteiger partial charge in [-0.3, -0.25) is 9.78 Å². The number of carbonyl (C=O) groups excluding carboxylic acids is 1. The third-order valence-electron chi connectivity index (χ3n) is 3.65. The Morgan fingerprint density at radius 2 is 2.22 bits per heavy atom. The Morgan fingerprint density at radius 3 is 2.96 bits per heavy atom. The van der Waals surface area contributed by atoms with E-state index in [0.717, 1.165) is 23.5 Å². The van der Waals surface area contributed by atoms with Gasteiger partial charge in [-0.2, -0.15) is 0 Å². The van der Waals surface area contributed by atoms with Crippen LogP contribution in [0.3, 0.4) is 0 Å². The third-order valence-corrected chi connectivity index (χ3v) is 3.65. The molecule has 3 heterocycles. The molecule has 1 amide bonds. The summed E-state index contributed by atoms with van der Waals surface area (Å²) in [6.45, 7) is 5.36. The Labute approximate surface area is 135 Å². The molecule has 2 aromatic heterocycles. The molecule has 0 N–H and O–H groups in total. The Morgan fingerprint density at radius 1 is 1.35 bits per heavy atom. The predicted octanol–water partition coefficient (Wildman–Crippen LogP) is 1.99. The average Bonchev–Trinajstić information content (AvgIpc) is 2.96. The molecule has 0 spiro atoms. The highest BCUT2D eigenvalue weighted by molar-refractivity contribution is 5.78. The van der Waals surface area contributed by atoms with Gasteiger partial charge in [-0.1, -0.05) is 13.8 Å². The van der Waals surface area contributed by atoms with Crippen molar-refractivity contribution in [1.82, 2.24) is 19.9 Å². The molecule has 2 aromatic rings.